The molecule has 3 aromatic heterocycles. The van der Waals surface area contributed by atoms with Crippen molar-refractivity contribution < 1.29 is 0 Å². The summed E-state index contributed by atoms with van der Waals surface area (Å²) in [7, 11) is 1.63. The molecule has 0 atom stereocenters. The number of anilines is 1. The first-order chi connectivity index (χ1) is 10.8. The van der Waals surface area contributed by atoms with Crippen LogP contribution in [-0.4, -0.2) is 24.1 Å². The first-order valence-corrected chi connectivity index (χ1v) is 8.25. The van der Waals surface area contributed by atoms with Crippen molar-refractivity contribution in [2.24, 2.45) is 7.05 Å². The maximum atomic E-state index is 12.5. The number of pyridine rings is 1. The van der Waals surface area contributed by atoms with E-state index in [0.29, 0.717) is 17.7 Å². The summed E-state index contributed by atoms with van der Waals surface area (Å²) in [6.45, 7) is 4.29. The molecule has 0 fully saturated rings. The van der Waals surface area contributed by atoms with Crippen molar-refractivity contribution in [1.29, 1.82) is 0 Å². The van der Waals surface area contributed by atoms with Gasteiger partial charge in [0, 0.05) is 16.8 Å². The molecule has 0 aliphatic carbocycles. The van der Waals surface area contributed by atoms with Gasteiger partial charge in [-0.05, 0) is 47.6 Å². The Bertz CT molecular complexity index is 993. The van der Waals surface area contributed by atoms with E-state index < -0.39 is 0 Å². The predicted octanol–water partition coefficient (Wildman–Crippen LogP) is 2.03. The number of fused-ring (bicyclic) bond motifs is 1. The lowest BCUT2D eigenvalue weighted by Crippen LogP contribution is -2.23. The zero-order chi connectivity index (χ0) is 16.9. The summed E-state index contributed by atoms with van der Waals surface area (Å²) in [5.41, 5.74) is 9.26. The van der Waals surface area contributed by atoms with Crippen LogP contribution in [0.1, 0.15) is 16.8 Å². The van der Waals surface area contributed by atoms with Gasteiger partial charge in [-0.15, -0.1) is 0 Å². The molecule has 0 radical (unpaired) electrons. The van der Waals surface area contributed by atoms with Crippen LogP contribution in [0.5, 0.6) is 0 Å². The van der Waals surface area contributed by atoms with Gasteiger partial charge in [-0.25, -0.2) is 4.79 Å². The molecule has 0 spiro atoms. The maximum Gasteiger partial charge on any atom is 0.330 e. The molecule has 0 amide bonds. The third kappa shape index (κ3) is 2.59. The number of hydrogen-bond donors (Lipinski definition) is 1. The monoisotopic (exact) mass is 444 g/mol. The van der Waals surface area contributed by atoms with Crippen molar-refractivity contribution in [2.45, 2.75) is 20.4 Å². The Morgan fingerprint density at radius 1 is 1.35 bits per heavy atom. The van der Waals surface area contributed by atoms with Crippen molar-refractivity contribution in [3.05, 3.63) is 42.2 Å². The number of nitrogens with zero attached hydrogens (tertiary/aromatic N) is 5. The summed E-state index contributed by atoms with van der Waals surface area (Å²) in [5, 5.41) is 0.161. The zero-order valence-corrected chi connectivity index (χ0v) is 15.7. The van der Waals surface area contributed by atoms with Gasteiger partial charge in [0.25, 0.3) is 0 Å². The van der Waals surface area contributed by atoms with Gasteiger partial charge in [-0.3, -0.25) is 14.1 Å². The minimum atomic E-state index is -0.237. The molecule has 9 heteroatoms. The molecule has 120 valence electrons. The van der Waals surface area contributed by atoms with Gasteiger partial charge in [-0.2, -0.15) is 9.97 Å². The van der Waals surface area contributed by atoms with E-state index in [1.54, 1.807) is 13.2 Å². The van der Waals surface area contributed by atoms with E-state index in [2.05, 4.69) is 37.5 Å². The Labute approximate surface area is 150 Å². The number of nitrogens with two attached hydrogens (primary N) is 1. The Morgan fingerprint density at radius 3 is 2.74 bits per heavy atom. The second-order valence-electron chi connectivity index (χ2n) is 5.30. The summed E-state index contributed by atoms with van der Waals surface area (Å²) in [6, 6.07) is 0. The third-order valence-corrected chi connectivity index (χ3v) is 5.70. The molecule has 23 heavy (non-hydrogen) atoms. The highest BCUT2D eigenvalue weighted by Crippen LogP contribution is 2.22. The molecule has 0 aliphatic heterocycles. The SMILES string of the molecule is Cc1cnc(Cn2c(=O)n(C)c3c(Cl)nc(N)nc32)c(C)c1I. The Kier molecular flexibility index (Phi) is 4.05. The van der Waals surface area contributed by atoms with E-state index >= 15 is 0 Å². The Balaban J connectivity index is 2.24. The van der Waals surface area contributed by atoms with Gasteiger partial charge in [0.05, 0.1) is 12.2 Å². The minimum Gasteiger partial charge on any atom is -0.368 e. The zero-order valence-electron chi connectivity index (χ0n) is 12.8. The standard InChI is InChI=1S/C14H14ClIN6O/c1-6-4-18-8(7(2)9(6)16)5-22-12-10(21(3)14(22)23)11(15)19-13(17)20-12/h4H,5H2,1-3H3,(H2,17,19,20). The molecule has 0 bridgehead atoms. The van der Waals surface area contributed by atoms with Crippen LogP contribution < -0.4 is 11.4 Å². The van der Waals surface area contributed by atoms with Gasteiger partial charge < -0.3 is 5.73 Å². The van der Waals surface area contributed by atoms with Crippen LogP contribution in [0, 0.1) is 17.4 Å². The van der Waals surface area contributed by atoms with E-state index in [0.717, 1.165) is 20.4 Å². The number of hydrogen-bond acceptors (Lipinski definition) is 5. The van der Waals surface area contributed by atoms with Crippen LogP contribution in [0.4, 0.5) is 5.95 Å². The van der Waals surface area contributed by atoms with Crippen LogP contribution >= 0.6 is 34.2 Å². The molecule has 7 nitrogen and oxygen atoms in total. The predicted molar refractivity (Wildman–Crippen MR) is 97.7 cm³/mol. The first kappa shape index (κ1) is 16.2. The van der Waals surface area contributed by atoms with Crippen LogP contribution in [0.3, 0.4) is 0 Å². The smallest absolute Gasteiger partial charge is 0.330 e. The number of aromatic nitrogens is 5. The fourth-order valence-corrected chi connectivity index (χ4v) is 3.23. The summed E-state index contributed by atoms with van der Waals surface area (Å²) in [5.74, 6) is 0.0324. The van der Waals surface area contributed by atoms with E-state index in [1.807, 2.05) is 13.8 Å². The first-order valence-electron chi connectivity index (χ1n) is 6.80. The number of rotatable bonds is 2. The number of halogens is 2. The lowest BCUT2D eigenvalue weighted by atomic mass is 10.1. The van der Waals surface area contributed by atoms with Crippen molar-refractivity contribution in [2.75, 3.05) is 5.73 Å². The summed E-state index contributed by atoms with van der Waals surface area (Å²) >= 11 is 8.39. The molecule has 0 aliphatic rings. The fraction of sp³-hybridized carbons (Fsp3) is 0.286. The van der Waals surface area contributed by atoms with Gasteiger partial charge in [0.2, 0.25) is 5.95 Å². The van der Waals surface area contributed by atoms with Crippen LogP contribution in [0.15, 0.2) is 11.0 Å². The lowest BCUT2D eigenvalue weighted by molar-refractivity contribution is 0.713. The van der Waals surface area contributed by atoms with Gasteiger partial charge in [0.15, 0.2) is 10.8 Å². The van der Waals surface area contributed by atoms with E-state index in [4.69, 9.17) is 17.3 Å². The second-order valence-corrected chi connectivity index (χ2v) is 6.74. The summed E-state index contributed by atoms with van der Waals surface area (Å²) in [6.07, 6.45) is 1.80. The molecule has 0 aromatic carbocycles. The van der Waals surface area contributed by atoms with Crippen molar-refractivity contribution in [3.8, 4) is 0 Å². The normalized spacial score (nSPS) is 11.3. The summed E-state index contributed by atoms with van der Waals surface area (Å²) < 4.78 is 4.07. The number of imidazole rings is 1. The van der Waals surface area contributed by atoms with Crippen LogP contribution in [0.2, 0.25) is 5.15 Å². The average Bonchev–Trinajstić information content (AvgIpc) is 2.72. The highest BCUT2D eigenvalue weighted by molar-refractivity contribution is 14.1. The quantitative estimate of drug-likeness (QED) is 0.482. The van der Waals surface area contributed by atoms with Gasteiger partial charge >= 0.3 is 5.69 Å². The highest BCUT2D eigenvalue weighted by Gasteiger charge is 2.18. The maximum absolute atomic E-state index is 12.5. The lowest BCUT2D eigenvalue weighted by Gasteiger charge is -2.09. The molecular formula is C14H14ClIN6O. The molecule has 0 unspecified atom stereocenters. The van der Waals surface area contributed by atoms with Crippen molar-refractivity contribution in [3.63, 3.8) is 0 Å². The molecule has 0 saturated carbocycles. The van der Waals surface area contributed by atoms with E-state index in [9.17, 15) is 4.79 Å². The van der Waals surface area contributed by atoms with Crippen LogP contribution in [-0.2, 0) is 13.6 Å². The molecule has 2 N–H and O–H groups in total. The highest BCUT2D eigenvalue weighted by atomic mass is 127. The van der Waals surface area contributed by atoms with Crippen molar-refractivity contribution >= 4 is 51.3 Å². The average molecular weight is 445 g/mol. The second kappa shape index (κ2) is 5.75. The number of aryl methyl sites for hydroxylation is 2. The number of nitrogen functional groups attached to an aromatic ring is 1. The molecule has 3 rings (SSSR count). The fourth-order valence-electron chi connectivity index (χ4n) is 2.48. The molecular weight excluding hydrogens is 431 g/mol. The molecule has 0 saturated heterocycles. The molecule has 3 aromatic rings. The topological polar surface area (TPSA) is 91.6 Å². The van der Waals surface area contributed by atoms with E-state index in [1.165, 1.54) is 9.13 Å². The largest absolute Gasteiger partial charge is 0.368 e. The van der Waals surface area contributed by atoms with Crippen LogP contribution in [0.25, 0.3) is 11.2 Å². The molecule has 3 heterocycles. The van der Waals surface area contributed by atoms with Gasteiger partial charge in [-0.1, -0.05) is 11.6 Å². The Hall–Kier alpha value is -1.68. The van der Waals surface area contributed by atoms with Gasteiger partial charge in [0.1, 0.15) is 5.52 Å². The van der Waals surface area contributed by atoms with Crippen molar-refractivity contribution in [1.82, 2.24) is 24.1 Å². The Morgan fingerprint density at radius 2 is 2.04 bits per heavy atom. The summed E-state index contributed by atoms with van der Waals surface area (Å²) in [4.78, 5) is 25.1. The van der Waals surface area contributed by atoms with E-state index in [-0.39, 0.29) is 16.8 Å². The third-order valence-electron chi connectivity index (χ3n) is 3.78. The minimum absolute atomic E-state index is 0.0324.